The van der Waals surface area contributed by atoms with E-state index in [0.29, 0.717) is 17.0 Å². The van der Waals surface area contributed by atoms with E-state index in [-0.39, 0.29) is 10.2 Å². The Kier molecular flexibility index (Phi) is 3.75. The standard InChI is InChI=1S/C12H12N2O5S/c1-18-8-3-6-7(4-9(8)19-2)13-12(20)14(11(6)17)5-10(15)16/h3-4H,5H2,1-2H3,(H,13,20)(H,15,16). The van der Waals surface area contributed by atoms with Gasteiger partial charge < -0.3 is 19.6 Å². The minimum Gasteiger partial charge on any atom is -0.493 e. The number of aliphatic carboxylic acids is 1. The van der Waals surface area contributed by atoms with Crippen molar-refractivity contribution in [3.05, 3.63) is 27.3 Å². The van der Waals surface area contributed by atoms with E-state index in [1.54, 1.807) is 6.07 Å². The summed E-state index contributed by atoms with van der Waals surface area (Å²) in [6, 6.07) is 3.07. The van der Waals surface area contributed by atoms with E-state index < -0.39 is 18.1 Å². The van der Waals surface area contributed by atoms with Gasteiger partial charge in [-0.1, -0.05) is 0 Å². The molecule has 2 aromatic rings. The van der Waals surface area contributed by atoms with Crippen molar-refractivity contribution in [3.8, 4) is 11.5 Å². The third-order valence-corrected chi connectivity index (χ3v) is 3.10. The van der Waals surface area contributed by atoms with Gasteiger partial charge in [0.05, 0.1) is 25.1 Å². The number of carboxylic acids is 1. The number of hydrogen-bond acceptors (Lipinski definition) is 5. The van der Waals surface area contributed by atoms with Gasteiger partial charge in [-0.2, -0.15) is 0 Å². The van der Waals surface area contributed by atoms with Gasteiger partial charge in [0, 0.05) is 6.07 Å². The molecule has 0 radical (unpaired) electrons. The van der Waals surface area contributed by atoms with Crippen LogP contribution >= 0.6 is 12.2 Å². The molecule has 7 nitrogen and oxygen atoms in total. The van der Waals surface area contributed by atoms with Crippen LogP contribution in [0.15, 0.2) is 16.9 Å². The number of rotatable bonds is 4. The number of carbonyl (C=O) groups is 1. The number of H-pyrrole nitrogens is 1. The number of carboxylic acid groups (broad SMARTS) is 1. The lowest BCUT2D eigenvalue weighted by Crippen LogP contribution is -2.25. The Labute approximate surface area is 118 Å². The number of nitrogens with zero attached hydrogens (tertiary/aromatic N) is 1. The van der Waals surface area contributed by atoms with Crippen molar-refractivity contribution in [1.82, 2.24) is 9.55 Å². The predicted molar refractivity (Wildman–Crippen MR) is 74.1 cm³/mol. The highest BCUT2D eigenvalue weighted by Crippen LogP contribution is 2.29. The molecular formula is C12H12N2O5S. The average Bonchev–Trinajstić information content (AvgIpc) is 2.42. The largest absolute Gasteiger partial charge is 0.493 e. The first-order valence-electron chi connectivity index (χ1n) is 5.58. The Morgan fingerprint density at radius 3 is 2.50 bits per heavy atom. The molecule has 0 amide bonds. The first-order chi connectivity index (χ1) is 9.47. The Morgan fingerprint density at radius 2 is 1.95 bits per heavy atom. The quantitative estimate of drug-likeness (QED) is 0.822. The van der Waals surface area contributed by atoms with E-state index >= 15 is 0 Å². The van der Waals surface area contributed by atoms with Crippen molar-refractivity contribution in [3.63, 3.8) is 0 Å². The molecule has 1 aromatic heterocycles. The molecular weight excluding hydrogens is 284 g/mol. The van der Waals surface area contributed by atoms with Crippen molar-refractivity contribution < 1.29 is 19.4 Å². The molecule has 0 bridgehead atoms. The number of methoxy groups -OCH3 is 2. The molecule has 0 aliphatic rings. The van der Waals surface area contributed by atoms with Gasteiger partial charge in [0.25, 0.3) is 5.56 Å². The van der Waals surface area contributed by atoms with Gasteiger partial charge in [0.1, 0.15) is 6.54 Å². The molecule has 0 aliphatic carbocycles. The number of fused-ring (bicyclic) bond motifs is 1. The van der Waals surface area contributed by atoms with Crippen LogP contribution in [0.5, 0.6) is 11.5 Å². The topological polar surface area (TPSA) is 93.5 Å². The molecule has 0 saturated heterocycles. The summed E-state index contributed by atoms with van der Waals surface area (Å²) in [5.41, 5.74) is -0.0357. The lowest BCUT2D eigenvalue weighted by atomic mass is 10.2. The minimum absolute atomic E-state index is 0.0390. The van der Waals surface area contributed by atoms with Crippen molar-refractivity contribution in [2.75, 3.05) is 14.2 Å². The number of ether oxygens (including phenoxy) is 2. The molecule has 1 aromatic carbocycles. The van der Waals surface area contributed by atoms with Crippen molar-refractivity contribution in [1.29, 1.82) is 0 Å². The lowest BCUT2D eigenvalue weighted by molar-refractivity contribution is -0.137. The van der Waals surface area contributed by atoms with Crippen LogP contribution in [0.1, 0.15) is 0 Å². The third-order valence-electron chi connectivity index (χ3n) is 2.78. The maximum absolute atomic E-state index is 12.3. The Bertz CT molecular complexity index is 793. The second-order valence-electron chi connectivity index (χ2n) is 3.97. The summed E-state index contributed by atoms with van der Waals surface area (Å²) >= 11 is 5.00. The summed E-state index contributed by atoms with van der Waals surface area (Å²) in [5, 5.41) is 9.08. The number of nitrogens with one attached hydrogen (secondary N) is 1. The Morgan fingerprint density at radius 1 is 1.35 bits per heavy atom. The molecule has 0 spiro atoms. The number of hydrogen-bond donors (Lipinski definition) is 2. The van der Waals surface area contributed by atoms with Crippen LogP contribution in [-0.2, 0) is 11.3 Å². The SMILES string of the molecule is COc1cc2[nH]c(=S)n(CC(=O)O)c(=O)c2cc1OC. The van der Waals surface area contributed by atoms with Gasteiger partial charge in [-0.05, 0) is 18.3 Å². The van der Waals surface area contributed by atoms with Crippen LogP contribution in [0.4, 0.5) is 0 Å². The fourth-order valence-corrected chi connectivity index (χ4v) is 2.12. The zero-order chi connectivity index (χ0) is 14.9. The number of aromatic amines is 1. The second kappa shape index (κ2) is 5.33. The fourth-order valence-electron chi connectivity index (χ4n) is 1.86. The predicted octanol–water partition coefficient (Wildman–Crippen LogP) is 1.16. The molecule has 2 rings (SSSR count). The highest BCUT2D eigenvalue weighted by atomic mass is 32.1. The van der Waals surface area contributed by atoms with E-state index in [1.807, 2.05) is 0 Å². The van der Waals surface area contributed by atoms with E-state index in [0.717, 1.165) is 4.57 Å². The molecule has 0 atom stereocenters. The molecule has 106 valence electrons. The fraction of sp³-hybridized carbons (Fsp3) is 0.250. The van der Waals surface area contributed by atoms with Crippen LogP contribution in [0.3, 0.4) is 0 Å². The average molecular weight is 296 g/mol. The van der Waals surface area contributed by atoms with Gasteiger partial charge in [-0.3, -0.25) is 14.2 Å². The van der Waals surface area contributed by atoms with Crippen LogP contribution in [0.25, 0.3) is 10.9 Å². The van der Waals surface area contributed by atoms with Gasteiger partial charge >= 0.3 is 5.97 Å². The minimum atomic E-state index is -1.15. The van der Waals surface area contributed by atoms with Crippen LogP contribution < -0.4 is 15.0 Å². The second-order valence-corrected chi connectivity index (χ2v) is 4.35. The summed E-state index contributed by atoms with van der Waals surface area (Å²) in [7, 11) is 2.93. The molecule has 0 unspecified atom stereocenters. The maximum Gasteiger partial charge on any atom is 0.323 e. The molecule has 0 fully saturated rings. The number of benzene rings is 1. The highest BCUT2D eigenvalue weighted by Gasteiger charge is 2.12. The summed E-state index contributed by atoms with van der Waals surface area (Å²) in [5.74, 6) is -0.322. The van der Waals surface area contributed by atoms with Gasteiger partial charge in [-0.15, -0.1) is 0 Å². The summed E-state index contributed by atoms with van der Waals surface area (Å²) in [6.07, 6.45) is 0. The summed E-state index contributed by atoms with van der Waals surface area (Å²) < 4.78 is 11.3. The number of aromatic nitrogens is 2. The van der Waals surface area contributed by atoms with Crippen molar-refractivity contribution in [2.45, 2.75) is 6.54 Å². The zero-order valence-corrected chi connectivity index (χ0v) is 11.6. The third kappa shape index (κ3) is 2.37. The van der Waals surface area contributed by atoms with Crippen LogP contribution in [0.2, 0.25) is 0 Å². The molecule has 0 aliphatic heterocycles. The maximum atomic E-state index is 12.3. The van der Waals surface area contributed by atoms with Crippen LogP contribution in [0, 0.1) is 4.77 Å². The van der Waals surface area contributed by atoms with E-state index in [9.17, 15) is 9.59 Å². The summed E-state index contributed by atoms with van der Waals surface area (Å²) in [4.78, 5) is 25.8. The lowest BCUT2D eigenvalue weighted by Gasteiger charge is -2.10. The van der Waals surface area contributed by atoms with Crippen molar-refractivity contribution >= 4 is 29.1 Å². The smallest absolute Gasteiger partial charge is 0.323 e. The molecule has 1 heterocycles. The first kappa shape index (κ1) is 14.1. The molecule has 8 heteroatoms. The van der Waals surface area contributed by atoms with Crippen molar-refractivity contribution in [2.24, 2.45) is 0 Å². The normalized spacial score (nSPS) is 10.5. The first-order valence-corrected chi connectivity index (χ1v) is 5.99. The zero-order valence-electron chi connectivity index (χ0n) is 10.8. The highest BCUT2D eigenvalue weighted by molar-refractivity contribution is 7.71. The van der Waals surface area contributed by atoms with E-state index in [4.69, 9.17) is 26.8 Å². The monoisotopic (exact) mass is 296 g/mol. The Hall–Kier alpha value is -2.35. The van der Waals surface area contributed by atoms with Gasteiger partial charge in [0.2, 0.25) is 0 Å². The summed E-state index contributed by atoms with van der Waals surface area (Å²) in [6.45, 7) is -0.502. The van der Waals surface area contributed by atoms with Crippen LogP contribution in [-0.4, -0.2) is 34.8 Å². The van der Waals surface area contributed by atoms with E-state index in [1.165, 1.54) is 20.3 Å². The molecule has 20 heavy (non-hydrogen) atoms. The van der Waals surface area contributed by atoms with Gasteiger partial charge in [0.15, 0.2) is 16.3 Å². The molecule has 0 saturated carbocycles. The molecule has 2 N–H and O–H groups in total. The van der Waals surface area contributed by atoms with Gasteiger partial charge in [-0.25, -0.2) is 0 Å². The van der Waals surface area contributed by atoms with E-state index in [2.05, 4.69) is 4.98 Å². The Balaban J connectivity index is 2.81.